The summed E-state index contributed by atoms with van der Waals surface area (Å²) in [4.78, 5) is 10.8. The van der Waals surface area contributed by atoms with Crippen molar-refractivity contribution in [1.29, 1.82) is 0 Å². The van der Waals surface area contributed by atoms with Crippen molar-refractivity contribution in [1.82, 2.24) is 14.8 Å². The number of carboxylic acid groups (broad SMARTS) is 1. The van der Waals surface area contributed by atoms with E-state index in [0.29, 0.717) is 12.0 Å². The highest BCUT2D eigenvalue weighted by Gasteiger charge is 2.27. The van der Waals surface area contributed by atoms with E-state index in [1.165, 1.54) is 31.0 Å². The molecular formula is C14H23N3O2S. The average Bonchev–Trinajstić information content (AvgIpc) is 2.80. The van der Waals surface area contributed by atoms with Gasteiger partial charge in [0.25, 0.3) is 0 Å². The van der Waals surface area contributed by atoms with Crippen LogP contribution < -0.4 is 0 Å². The van der Waals surface area contributed by atoms with Crippen LogP contribution in [0.2, 0.25) is 0 Å². The number of aromatic nitrogens is 3. The highest BCUT2D eigenvalue weighted by Crippen LogP contribution is 2.36. The number of hydrogen-bond donors (Lipinski definition) is 1. The van der Waals surface area contributed by atoms with E-state index in [2.05, 4.69) is 28.6 Å². The van der Waals surface area contributed by atoms with Crippen LogP contribution in [0.3, 0.4) is 0 Å². The van der Waals surface area contributed by atoms with Gasteiger partial charge in [0.15, 0.2) is 5.16 Å². The van der Waals surface area contributed by atoms with E-state index in [0.717, 1.165) is 30.2 Å². The van der Waals surface area contributed by atoms with Crippen molar-refractivity contribution in [2.24, 2.45) is 5.92 Å². The standard InChI is InChI=1S/C14H23N3O2S/c1-3-6-12-15-16-14(20-9-13(18)19)17(12)11-8-5-4-7-10(11)2/h10-11H,3-9H2,1-2H3,(H,18,19). The minimum atomic E-state index is -0.807. The Morgan fingerprint density at radius 2 is 2.15 bits per heavy atom. The van der Waals surface area contributed by atoms with Gasteiger partial charge < -0.3 is 9.67 Å². The number of aliphatic carboxylic acids is 1. The Morgan fingerprint density at radius 3 is 2.80 bits per heavy atom. The molecule has 6 heteroatoms. The van der Waals surface area contributed by atoms with E-state index >= 15 is 0 Å². The van der Waals surface area contributed by atoms with Crippen LogP contribution in [0.1, 0.15) is 57.8 Å². The molecule has 0 saturated heterocycles. The predicted molar refractivity (Wildman–Crippen MR) is 79.0 cm³/mol. The molecular weight excluding hydrogens is 274 g/mol. The van der Waals surface area contributed by atoms with Crippen LogP contribution in [-0.2, 0) is 11.2 Å². The quantitative estimate of drug-likeness (QED) is 0.817. The van der Waals surface area contributed by atoms with Crippen LogP contribution in [0.15, 0.2) is 5.16 Å². The fraction of sp³-hybridized carbons (Fsp3) is 0.786. The molecule has 0 aliphatic heterocycles. The summed E-state index contributed by atoms with van der Waals surface area (Å²) in [6.07, 6.45) is 6.85. The van der Waals surface area contributed by atoms with Gasteiger partial charge in [0.2, 0.25) is 0 Å². The van der Waals surface area contributed by atoms with Gasteiger partial charge in [-0.05, 0) is 25.2 Å². The molecule has 1 aromatic rings. The van der Waals surface area contributed by atoms with E-state index in [1.807, 2.05) is 0 Å². The Bertz CT molecular complexity index is 461. The van der Waals surface area contributed by atoms with Gasteiger partial charge in [-0.3, -0.25) is 4.79 Å². The van der Waals surface area contributed by atoms with Gasteiger partial charge in [0, 0.05) is 12.5 Å². The molecule has 1 aliphatic rings. The molecule has 2 rings (SSSR count). The SMILES string of the molecule is CCCc1nnc(SCC(=O)O)n1C1CCCCC1C. The lowest BCUT2D eigenvalue weighted by Gasteiger charge is -2.31. The molecule has 0 bridgehead atoms. The number of carbonyl (C=O) groups is 1. The van der Waals surface area contributed by atoms with E-state index < -0.39 is 5.97 Å². The second kappa shape index (κ2) is 7.11. The zero-order valence-electron chi connectivity index (χ0n) is 12.2. The number of nitrogens with zero attached hydrogens (tertiary/aromatic N) is 3. The van der Waals surface area contributed by atoms with Gasteiger partial charge in [0.05, 0.1) is 5.75 Å². The van der Waals surface area contributed by atoms with Crippen molar-refractivity contribution >= 4 is 17.7 Å². The first-order chi connectivity index (χ1) is 9.63. The van der Waals surface area contributed by atoms with Gasteiger partial charge >= 0.3 is 5.97 Å². The number of hydrogen-bond acceptors (Lipinski definition) is 4. The maximum Gasteiger partial charge on any atom is 0.313 e. The normalized spacial score (nSPS) is 22.9. The molecule has 0 spiro atoms. The third-order valence-corrected chi connectivity index (χ3v) is 4.86. The lowest BCUT2D eigenvalue weighted by molar-refractivity contribution is -0.133. The van der Waals surface area contributed by atoms with Crippen molar-refractivity contribution in [2.75, 3.05) is 5.75 Å². The van der Waals surface area contributed by atoms with Crippen molar-refractivity contribution in [3.8, 4) is 0 Å². The molecule has 1 saturated carbocycles. The third-order valence-electron chi connectivity index (χ3n) is 3.93. The second-order valence-electron chi connectivity index (χ2n) is 5.53. The molecule has 1 aromatic heterocycles. The van der Waals surface area contributed by atoms with Gasteiger partial charge in [-0.2, -0.15) is 0 Å². The number of thioether (sulfide) groups is 1. The zero-order chi connectivity index (χ0) is 14.5. The fourth-order valence-corrected chi connectivity index (χ4v) is 3.67. The molecule has 2 atom stereocenters. The van der Waals surface area contributed by atoms with Gasteiger partial charge in [-0.15, -0.1) is 10.2 Å². The van der Waals surface area contributed by atoms with Gasteiger partial charge in [-0.1, -0.05) is 38.5 Å². The van der Waals surface area contributed by atoms with Crippen LogP contribution in [0.25, 0.3) is 0 Å². The number of aryl methyl sites for hydroxylation is 1. The first kappa shape index (κ1) is 15.4. The Balaban J connectivity index is 2.25. The summed E-state index contributed by atoms with van der Waals surface area (Å²) < 4.78 is 2.22. The van der Waals surface area contributed by atoms with Crippen LogP contribution >= 0.6 is 11.8 Å². The fourth-order valence-electron chi connectivity index (χ4n) is 2.94. The average molecular weight is 297 g/mol. The maximum atomic E-state index is 10.8. The third kappa shape index (κ3) is 3.53. The van der Waals surface area contributed by atoms with E-state index in [-0.39, 0.29) is 5.75 Å². The van der Waals surface area contributed by atoms with Crippen molar-refractivity contribution < 1.29 is 9.90 Å². The molecule has 112 valence electrons. The van der Waals surface area contributed by atoms with Gasteiger partial charge in [0.1, 0.15) is 5.82 Å². The minimum Gasteiger partial charge on any atom is -0.481 e. The lowest BCUT2D eigenvalue weighted by atomic mass is 9.85. The van der Waals surface area contributed by atoms with E-state index in [9.17, 15) is 4.79 Å². The Kier molecular flexibility index (Phi) is 5.46. The summed E-state index contributed by atoms with van der Waals surface area (Å²) in [6.45, 7) is 4.42. The number of rotatable bonds is 6. The summed E-state index contributed by atoms with van der Waals surface area (Å²) in [6, 6.07) is 0.427. The number of carboxylic acids is 1. The van der Waals surface area contributed by atoms with E-state index in [1.54, 1.807) is 0 Å². The van der Waals surface area contributed by atoms with Crippen molar-refractivity contribution in [3.05, 3.63) is 5.82 Å². The molecule has 1 fully saturated rings. The monoisotopic (exact) mass is 297 g/mol. The molecule has 20 heavy (non-hydrogen) atoms. The maximum absolute atomic E-state index is 10.8. The summed E-state index contributed by atoms with van der Waals surface area (Å²) in [5.74, 6) is 0.864. The summed E-state index contributed by atoms with van der Waals surface area (Å²) in [7, 11) is 0. The first-order valence-electron chi connectivity index (χ1n) is 7.41. The molecule has 1 heterocycles. The Morgan fingerprint density at radius 1 is 1.40 bits per heavy atom. The van der Waals surface area contributed by atoms with Crippen LogP contribution in [0, 0.1) is 5.92 Å². The highest BCUT2D eigenvalue weighted by atomic mass is 32.2. The molecule has 1 aliphatic carbocycles. The topological polar surface area (TPSA) is 68.0 Å². The van der Waals surface area contributed by atoms with Crippen LogP contribution in [0.4, 0.5) is 0 Å². The summed E-state index contributed by atoms with van der Waals surface area (Å²) >= 11 is 1.29. The molecule has 2 unspecified atom stereocenters. The summed E-state index contributed by atoms with van der Waals surface area (Å²) in [5.41, 5.74) is 0. The Hall–Kier alpha value is -1.04. The molecule has 0 aromatic carbocycles. The lowest BCUT2D eigenvalue weighted by Crippen LogP contribution is -2.23. The van der Waals surface area contributed by atoms with Crippen molar-refractivity contribution in [2.45, 2.75) is 63.6 Å². The largest absolute Gasteiger partial charge is 0.481 e. The van der Waals surface area contributed by atoms with E-state index in [4.69, 9.17) is 5.11 Å². The first-order valence-corrected chi connectivity index (χ1v) is 8.40. The van der Waals surface area contributed by atoms with Crippen LogP contribution in [0.5, 0.6) is 0 Å². The smallest absolute Gasteiger partial charge is 0.313 e. The minimum absolute atomic E-state index is 0.0470. The molecule has 5 nitrogen and oxygen atoms in total. The van der Waals surface area contributed by atoms with Gasteiger partial charge in [-0.25, -0.2) is 0 Å². The second-order valence-corrected chi connectivity index (χ2v) is 6.47. The zero-order valence-corrected chi connectivity index (χ0v) is 13.0. The van der Waals surface area contributed by atoms with Crippen LogP contribution in [-0.4, -0.2) is 31.6 Å². The van der Waals surface area contributed by atoms with Crippen molar-refractivity contribution in [3.63, 3.8) is 0 Å². The predicted octanol–water partition coefficient (Wildman–Crippen LogP) is 3.16. The molecule has 0 radical (unpaired) electrons. The Labute approximate surface area is 124 Å². The molecule has 0 amide bonds. The molecule has 1 N–H and O–H groups in total. The summed E-state index contributed by atoms with van der Waals surface area (Å²) in [5, 5.41) is 18.2. The highest BCUT2D eigenvalue weighted by molar-refractivity contribution is 7.99.